The van der Waals surface area contributed by atoms with Gasteiger partial charge in [-0.1, -0.05) is 30.3 Å². The molecule has 1 aliphatic heterocycles. The van der Waals surface area contributed by atoms with Crippen molar-refractivity contribution in [3.63, 3.8) is 0 Å². The molecular weight excluding hydrogens is 266 g/mol. The fourth-order valence-electron chi connectivity index (χ4n) is 2.87. The molecular formula is C17H19NO3. The molecule has 1 aromatic carbocycles. The van der Waals surface area contributed by atoms with E-state index in [4.69, 9.17) is 9.15 Å². The van der Waals surface area contributed by atoms with Crippen molar-refractivity contribution < 1.29 is 13.9 Å². The number of nitrogens with one attached hydrogen (secondary N) is 1. The summed E-state index contributed by atoms with van der Waals surface area (Å²) in [5, 5.41) is 3.21. The molecule has 110 valence electrons. The second-order valence-corrected chi connectivity index (χ2v) is 5.41. The number of aryl methyl sites for hydroxylation is 1. The van der Waals surface area contributed by atoms with Crippen molar-refractivity contribution in [2.24, 2.45) is 0 Å². The van der Waals surface area contributed by atoms with Gasteiger partial charge in [-0.3, -0.25) is 4.79 Å². The SMILES string of the molecule is Cc1occc1C(=O)NC1(c2ccccc2)CCOCC1. The van der Waals surface area contributed by atoms with Crippen molar-refractivity contribution in [2.75, 3.05) is 13.2 Å². The monoisotopic (exact) mass is 285 g/mol. The van der Waals surface area contributed by atoms with Gasteiger partial charge in [-0.15, -0.1) is 0 Å². The third-order valence-electron chi connectivity index (χ3n) is 4.13. The summed E-state index contributed by atoms with van der Waals surface area (Å²) in [5.74, 6) is 0.551. The number of amides is 1. The fraction of sp³-hybridized carbons (Fsp3) is 0.353. The molecule has 0 aliphatic carbocycles. The zero-order valence-electron chi connectivity index (χ0n) is 12.1. The topological polar surface area (TPSA) is 51.5 Å². The number of carbonyl (C=O) groups is 1. The van der Waals surface area contributed by atoms with Crippen LogP contribution in [0.25, 0.3) is 0 Å². The molecule has 4 nitrogen and oxygen atoms in total. The number of furan rings is 1. The molecule has 2 aromatic rings. The molecule has 4 heteroatoms. The Labute approximate surface area is 124 Å². The van der Waals surface area contributed by atoms with E-state index in [9.17, 15) is 4.79 Å². The first-order valence-electron chi connectivity index (χ1n) is 7.21. The van der Waals surface area contributed by atoms with Gasteiger partial charge in [-0.2, -0.15) is 0 Å². The van der Waals surface area contributed by atoms with Crippen LogP contribution >= 0.6 is 0 Å². The smallest absolute Gasteiger partial charge is 0.255 e. The molecule has 3 rings (SSSR count). The molecule has 0 radical (unpaired) electrons. The van der Waals surface area contributed by atoms with Crippen LogP contribution in [0, 0.1) is 6.92 Å². The van der Waals surface area contributed by atoms with Gasteiger partial charge in [0.15, 0.2) is 0 Å². The zero-order chi connectivity index (χ0) is 14.7. The summed E-state index contributed by atoms with van der Waals surface area (Å²) < 4.78 is 10.7. The molecule has 1 aromatic heterocycles. The highest BCUT2D eigenvalue weighted by Gasteiger charge is 2.36. The van der Waals surface area contributed by atoms with Crippen molar-refractivity contribution in [2.45, 2.75) is 25.3 Å². The van der Waals surface area contributed by atoms with Crippen molar-refractivity contribution >= 4 is 5.91 Å². The third kappa shape index (κ3) is 2.72. The Bertz CT molecular complexity index is 612. The van der Waals surface area contributed by atoms with Crippen LogP contribution in [-0.4, -0.2) is 19.1 Å². The summed E-state index contributed by atoms with van der Waals surface area (Å²) in [7, 11) is 0. The predicted molar refractivity (Wildman–Crippen MR) is 79.1 cm³/mol. The van der Waals surface area contributed by atoms with Gasteiger partial charge in [0.05, 0.1) is 17.4 Å². The van der Waals surface area contributed by atoms with E-state index in [0.717, 1.165) is 18.4 Å². The van der Waals surface area contributed by atoms with Crippen molar-refractivity contribution in [1.29, 1.82) is 0 Å². The van der Waals surface area contributed by atoms with E-state index in [1.807, 2.05) is 18.2 Å². The minimum absolute atomic E-state index is 0.0907. The molecule has 1 amide bonds. The Morgan fingerprint density at radius 1 is 1.14 bits per heavy atom. The summed E-state index contributed by atoms with van der Waals surface area (Å²) in [5.41, 5.74) is 1.36. The van der Waals surface area contributed by atoms with E-state index in [1.165, 1.54) is 0 Å². The van der Waals surface area contributed by atoms with Crippen molar-refractivity contribution in [1.82, 2.24) is 5.32 Å². The zero-order valence-corrected chi connectivity index (χ0v) is 12.1. The van der Waals surface area contributed by atoms with Crippen molar-refractivity contribution in [3.05, 3.63) is 59.5 Å². The maximum Gasteiger partial charge on any atom is 0.255 e. The van der Waals surface area contributed by atoms with Crippen molar-refractivity contribution in [3.8, 4) is 0 Å². The number of hydrogen-bond donors (Lipinski definition) is 1. The van der Waals surface area contributed by atoms with Crippen LogP contribution in [-0.2, 0) is 10.3 Å². The van der Waals surface area contributed by atoms with Crippen LogP contribution in [0.3, 0.4) is 0 Å². The molecule has 0 bridgehead atoms. The normalized spacial score (nSPS) is 17.4. The molecule has 0 spiro atoms. The van der Waals surface area contributed by atoms with Gasteiger partial charge >= 0.3 is 0 Å². The van der Waals surface area contributed by atoms with E-state index in [2.05, 4.69) is 17.4 Å². The highest BCUT2D eigenvalue weighted by molar-refractivity contribution is 5.95. The minimum atomic E-state index is -0.361. The van der Waals surface area contributed by atoms with E-state index < -0.39 is 0 Å². The standard InChI is InChI=1S/C17H19NO3/c1-13-15(7-10-21-13)16(19)18-17(8-11-20-12-9-17)14-5-3-2-4-6-14/h2-7,10H,8-9,11-12H2,1H3,(H,18,19). The lowest BCUT2D eigenvalue weighted by Crippen LogP contribution is -2.49. The summed E-state index contributed by atoms with van der Waals surface area (Å²) in [6.07, 6.45) is 3.10. The lowest BCUT2D eigenvalue weighted by atomic mass is 9.82. The second-order valence-electron chi connectivity index (χ2n) is 5.41. The van der Waals surface area contributed by atoms with Gasteiger partial charge in [-0.25, -0.2) is 0 Å². The number of benzene rings is 1. The number of carbonyl (C=O) groups excluding carboxylic acids is 1. The van der Waals surface area contributed by atoms with Crippen LogP contribution in [0.4, 0.5) is 0 Å². The molecule has 0 atom stereocenters. The van der Waals surface area contributed by atoms with E-state index >= 15 is 0 Å². The second kappa shape index (κ2) is 5.74. The van der Waals surface area contributed by atoms with Crippen LogP contribution in [0.1, 0.15) is 34.5 Å². The quantitative estimate of drug-likeness (QED) is 0.943. The average molecular weight is 285 g/mol. The Kier molecular flexibility index (Phi) is 3.80. The highest BCUT2D eigenvalue weighted by Crippen LogP contribution is 2.32. The van der Waals surface area contributed by atoms with Gasteiger partial charge < -0.3 is 14.5 Å². The number of rotatable bonds is 3. The Morgan fingerprint density at radius 2 is 1.86 bits per heavy atom. The van der Waals surface area contributed by atoms with Crippen LogP contribution < -0.4 is 5.32 Å². The first-order valence-corrected chi connectivity index (χ1v) is 7.21. The highest BCUT2D eigenvalue weighted by atomic mass is 16.5. The van der Waals surface area contributed by atoms with Gasteiger partial charge in [0.2, 0.25) is 0 Å². The summed E-state index contributed by atoms with van der Waals surface area (Å²) in [6, 6.07) is 11.8. The molecule has 1 aliphatic rings. The van der Waals surface area contributed by atoms with Gasteiger partial charge in [-0.05, 0) is 31.4 Å². The third-order valence-corrected chi connectivity index (χ3v) is 4.13. The van der Waals surface area contributed by atoms with Crippen LogP contribution in [0.15, 0.2) is 47.1 Å². The largest absolute Gasteiger partial charge is 0.469 e. The first-order chi connectivity index (χ1) is 10.2. The molecule has 0 unspecified atom stereocenters. The Morgan fingerprint density at radius 3 is 2.48 bits per heavy atom. The molecule has 1 saturated heterocycles. The van der Waals surface area contributed by atoms with E-state index in [0.29, 0.717) is 24.5 Å². The predicted octanol–water partition coefficient (Wildman–Crippen LogP) is 3.02. The summed E-state index contributed by atoms with van der Waals surface area (Å²) >= 11 is 0. The molecule has 0 saturated carbocycles. The summed E-state index contributed by atoms with van der Waals surface area (Å²) in [6.45, 7) is 3.10. The lowest BCUT2D eigenvalue weighted by molar-refractivity contribution is 0.0345. The number of hydrogen-bond acceptors (Lipinski definition) is 3. The molecule has 21 heavy (non-hydrogen) atoms. The van der Waals surface area contributed by atoms with Crippen LogP contribution in [0.5, 0.6) is 0 Å². The molecule has 2 heterocycles. The lowest BCUT2D eigenvalue weighted by Gasteiger charge is -2.38. The van der Waals surface area contributed by atoms with Gasteiger partial charge in [0, 0.05) is 13.2 Å². The summed E-state index contributed by atoms with van der Waals surface area (Å²) in [4.78, 5) is 12.6. The Hall–Kier alpha value is -2.07. The average Bonchev–Trinajstić information content (AvgIpc) is 2.95. The van der Waals surface area contributed by atoms with E-state index in [-0.39, 0.29) is 11.4 Å². The Balaban J connectivity index is 1.90. The molecule has 1 N–H and O–H groups in total. The minimum Gasteiger partial charge on any atom is -0.469 e. The van der Waals surface area contributed by atoms with E-state index in [1.54, 1.807) is 19.3 Å². The van der Waals surface area contributed by atoms with Gasteiger partial charge in [0.1, 0.15) is 5.76 Å². The van der Waals surface area contributed by atoms with Crippen LogP contribution in [0.2, 0.25) is 0 Å². The van der Waals surface area contributed by atoms with Gasteiger partial charge in [0.25, 0.3) is 5.91 Å². The molecule has 1 fully saturated rings. The fourth-order valence-corrected chi connectivity index (χ4v) is 2.87. The number of ether oxygens (including phenoxy) is 1. The maximum atomic E-state index is 12.6. The first kappa shape index (κ1) is 13.9. The maximum absolute atomic E-state index is 12.6.